The molecule has 2 heterocycles. The molecule has 0 bridgehead atoms. The van der Waals surface area contributed by atoms with Crippen molar-refractivity contribution in [2.45, 2.75) is 52.9 Å². The summed E-state index contributed by atoms with van der Waals surface area (Å²) in [5.74, 6) is 2.19. The van der Waals surface area contributed by atoms with Gasteiger partial charge in [0, 0.05) is 30.5 Å². The molecule has 118 valence electrons. The van der Waals surface area contributed by atoms with Crippen LogP contribution in [0.25, 0.3) is 0 Å². The van der Waals surface area contributed by atoms with Gasteiger partial charge in [-0.1, -0.05) is 13.8 Å². The van der Waals surface area contributed by atoms with E-state index in [0.717, 1.165) is 62.8 Å². The molecule has 1 N–H and O–H groups in total. The predicted molar refractivity (Wildman–Crippen MR) is 85.7 cm³/mol. The van der Waals surface area contributed by atoms with Gasteiger partial charge < -0.3 is 10.1 Å². The first-order valence-corrected chi connectivity index (χ1v) is 8.20. The van der Waals surface area contributed by atoms with Gasteiger partial charge in [-0.15, -0.1) is 0 Å². The van der Waals surface area contributed by atoms with Gasteiger partial charge in [-0.05, 0) is 57.7 Å². The number of aromatic nitrogens is 2. The van der Waals surface area contributed by atoms with Crippen molar-refractivity contribution in [3.8, 4) is 0 Å². The van der Waals surface area contributed by atoms with E-state index in [4.69, 9.17) is 14.7 Å². The molecule has 1 saturated heterocycles. The highest BCUT2D eigenvalue weighted by Crippen LogP contribution is 2.25. The second-order valence-corrected chi connectivity index (χ2v) is 6.47. The molecule has 4 nitrogen and oxygen atoms in total. The predicted octanol–water partition coefficient (Wildman–Crippen LogP) is 2.78. The lowest BCUT2D eigenvalue weighted by Crippen LogP contribution is -2.23. The summed E-state index contributed by atoms with van der Waals surface area (Å²) in [6.45, 7) is 12.5. The molecule has 0 spiro atoms. The van der Waals surface area contributed by atoms with Crippen molar-refractivity contribution >= 4 is 0 Å². The summed E-state index contributed by atoms with van der Waals surface area (Å²) < 4.78 is 5.43. The lowest BCUT2D eigenvalue weighted by atomic mass is 9.98. The van der Waals surface area contributed by atoms with E-state index in [1.54, 1.807) is 0 Å². The normalized spacial score (nSPS) is 16.6. The van der Waals surface area contributed by atoms with E-state index in [9.17, 15) is 0 Å². The van der Waals surface area contributed by atoms with Crippen LogP contribution in [0, 0.1) is 19.8 Å². The van der Waals surface area contributed by atoms with Crippen LogP contribution < -0.4 is 5.32 Å². The molecule has 1 aromatic rings. The molecule has 1 fully saturated rings. The zero-order valence-electron chi connectivity index (χ0n) is 13.9. The van der Waals surface area contributed by atoms with Crippen LogP contribution in [0.15, 0.2) is 0 Å². The number of rotatable bonds is 6. The molecule has 0 radical (unpaired) electrons. The second kappa shape index (κ2) is 7.85. The fraction of sp³-hybridized carbons (Fsp3) is 0.765. The maximum absolute atomic E-state index is 5.43. The third-order valence-corrected chi connectivity index (χ3v) is 4.13. The topological polar surface area (TPSA) is 47.0 Å². The summed E-state index contributed by atoms with van der Waals surface area (Å²) in [7, 11) is 0. The van der Waals surface area contributed by atoms with Crippen LogP contribution in [0.3, 0.4) is 0 Å². The summed E-state index contributed by atoms with van der Waals surface area (Å²) >= 11 is 0. The molecule has 0 saturated carbocycles. The third-order valence-electron chi connectivity index (χ3n) is 4.13. The Bertz CT molecular complexity index is 430. The van der Waals surface area contributed by atoms with Gasteiger partial charge in [0.15, 0.2) is 0 Å². The van der Waals surface area contributed by atoms with Crippen molar-refractivity contribution in [2.24, 2.45) is 5.92 Å². The van der Waals surface area contributed by atoms with E-state index in [2.05, 4.69) is 33.0 Å². The van der Waals surface area contributed by atoms with Gasteiger partial charge in [0.2, 0.25) is 0 Å². The molecule has 0 amide bonds. The molecule has 1 aliphatic heterocycles. The average Bonchev–Trinajstić information content (AvgIpc) is 2.46. The van der Waals surface area contributed by atoms with Crippen molar-refractivity contribution in [3.05, 3.63) is 22.8 Å². The highest BCUT2D eigenvalue weighted by Gasteiger charge is 2.20. The maximum Gasteiger partial charge on any atom is 0.132 e. The largest absolute Gasteiger partial charge is 0.381 e. The van der Waals surface area contributed by atoms with E-state index >= 15 is 0 Å². The summed E-state index contributed by atoms with van der Waals surface area (Å²) in [6.07, 6.45) is 3.11. The summed E-state index contributed by atoms with van der Waals surface area (Å²) in [6, 6.07) is 0. The molecule has 0 aromatic carbocycles. The number of hydrogen-bond acceptors (Lipinski definition) is 4. The average molecular weight is 291 g/mol. The van der Waals surface area contributed by atoms with Crippen LogP contribution in [-0.4, -0.2) is 36.3 Å². The monoisotopic (exact) mass is 291 g/mol. The molecule has 4 heteroatoms. The Labute approximate surface area is 128 Å². The summed E-state index contributed by atoms with van der Waals surface area (Å²) in [5.41, 5.74) is 3.60. The van der Waals surface area contributed by atoms with Crippen molar-refractivity contribution in [1.29, 1.82) is 0 Å². The molecule has 0 atom stereocenters. The van der Waals surface area contributed by atoms with Crippen LogP contribution in [0.1, 0.15) is 55.4 Å². The number of ether oxygens (including phenoxy) is 1. The molecule has 21 heavy (non-hydrogen) atoms. The first kappa shape index (κ1) is 16.4. The number of nitrogens with one attached hydrogen (secondary N) is 1. The molecule has 1 aliphatic rings. The van der Waals surface area contributed by atoms with E-state index < -0.39 is 0 Å². The Balaban J connectivity index is 1.99. The minimum Gasteiger partial charge on any atom is -0.381 e. The zero-order chi connectivity index (χ0) is 15.2. The third kappa shape index (κ3) is 4.75. The number of nitrogens with zero attached hydrogens (tertiary/aromatic N) is 2. The lowest BCUT2D eigenvalue weighted by molar-refractivity contribution is 0.0835. The molecule has 0 aliphatic carbocycles. The van der Waals surface area contributed by atoms with Gasteiger partial charge in [0.05, 0.1) is 0 Å². The van der Waals surface area contributed by atoms with E-state index in [1.165, 1.54) is 5.56 Å². The van der Waals surface area contributed by atoms with Crippen LogP contribution in [-0.2, 0) is 11.2 Å². The molecule has 2 rings (SSSR count). The summed E-state index contributed by atoms with van der Waals surface area (Å²) in [4.78, 5) is 9.55. The van der Waals surface area contributed by atoms with E-state index in [1.807, 2.05) is 0 Å². The van der Waals surface area contributed by atoms with Gasteiger partial charge in [-0.2, -0.15) is 0 Å². The van der Waals surface area contributed by atoms with Crippen molar-refractivity contribution in [2.75, 3.05) is 26.3 Å². The van der Waals surface area contributed by atoms with E-state index in [0.29, 0.717) is 11.8 Å². The fourth-order valence-electron chi connectivity index (χ4n) is 2.87. The molecule has 1 aromatic heterocycles. The number of aryl methyl sites for hydroxylation is 2. The minimum atomic E-state index is 0.476. The Kier molecular flexibility index (Phi) is 6.12. The highest BCUT2D eigenvalue weighted by molar-refractivity contribution is 5.25. The van der Waals surface area contributed by atoms with Crippen LogP contribution in [0.5, 0.6) is 0 Å². The Morgan fingerprint density at radius 3 is 2.33 bits per heavy atom. The van der Waals surface area contributed by atoms with Gasteiger partial charge in [0.1, 0.15) is 5.82 Å². The first-order valence-electron chi connectivity index (χ1n) is 8.20. The lowest BCUT2D eigenvalue weighted by Gasteiger charge is -2.22. The van der Waals surface area contributed by atoms with Gasteiger partial charge in [-0.25, -0.2) is 9.97 Å². The van der Waals surface area contributed by atoms with Crippen LogP contribution >= 0.6 is 0 Å². The van der Waals surface area contributed by atoms with Gasteiger partial charge >= 0.3 is 0 Å². The first-order chi connectivity index (χ1) is 10.1. The van der Waals surface area contributed by atoms with Crippen molar-refractivity contribution in [1.82, 2.24) is 15.3 Å². The van der Waals surface area contributed by atoms with E-state index in [-0.39, 0.29) is 0 Å². The smallest absolute Gasteiger partial charge is 0.132 e. The second-order valence-electron chi connectivity index (χ2n) is 6.47. The minimum absolute atomic E-state index is 0.476. The number of hydrogen-bond donors (Lipinski definition) is 1. The Hall–Kier alpha value is -1.00. The van der Waals surface area contributed by atoms with Gasteiger partial charge in [0.25, 0.3) is 0 Å². The van der Waals surface area contributed by atoms with Crippen LogP contribution in [0.4, 0.5) is 0 Å². The van der Waals surface area contributed by atoms with Gasteiger partial charge in [-0.3, -0.25) is 0 Å². The Morgan fingerprint density at radius 1 is 1.14 bits per heavy atom. The standard InChI is InChI=1S/C17H29N3O/c1-12(2)11-18-8-5-16-13(3)19-17(20-14(16)4)15-6-9-21-10-7-15/h12,15,18H,5-11H2,1-4H3. The maximum atomic E-state index is 5.43. The fourth-order valence-corrected chi connectivity index (χ4v) is 2.87. The Morgan fingerprint density at radius 2 is 1.76 bits per heavy atom. The van der Waals surface area contributed by atoms with Crippen molar-refractivity contribution in [3.63, 3.8) is 0 Å². The quantitative estimate of drug-likeness (QED) is 0.819. The summed E-state index contributed by atoms with van der Waals surface area (Å²) in [5, 5.41) is 3.49. The SMILES string of the molecule is Cc1nc(C2CCOCC2)nc(C)c1CCNCC(C)C. The van der Waals surface area contributed by atoms with Crippen LogP contribution in [0.2, 0.25) is 0 Å². The molecular formula is C17H29N3O. The van der Waals surface area contributed by atoms with Crippen molar-refractivity contribution < 1.29 is 4.74 Å². The molecule has 0 unspecified atom stereocenters. The zero-order valence-corrected chi connectivity index (χ0v) is 13.9. The highest BCUT2D eigenvalue weighted by atomic mass is 16.5. The molecular weight excluding hydrogens is 262 g/mol.